The van der Waals surface area contributed by atoms with Gasteiger partial charge in [0.1, 0.15) is 0 Å². The number of aromatic nitrogens is 3. The van der Waals surface area contributed by atoms with Crippen LogP contribution in [0.2, 0.25) is 0 Å². The largest absolute Gasteiger partial charge is 0.293 e. The number of aromatic amines is 1. The van der Waals surface area contributed by atoms with Crippen LogP contribution in [0.5, 0.6) is 0 Å². The molecule has 2 aromatic carbocycles. The lowest BCUT2D eigenvalue weighted by Gasteiger charge is -2.03. The van der Waals surface area contributed by atoms with E-state index < -0.39 is 0 Å². The van der Waals surface area contributed by atoms with Gasteiger partial charge in [-0.25, -0.2) is 4.98 Å². The lowest BCUT2D eigenvalue weighted by molar-refractivity contribution is 0.102. The highest BCUT2D eigenvalue weighted by molar-refractivity contribution is 9.10. The third-order valence-electron chi connectivity index (χ3n) is 4.35. The molecule has 1 N–H and O–H groups in total. The molecule has 25 heavy (non-hydrogen) atoms. The van der Waals surface area contributed by atoms with Crippen LogP contribution < -0.4 is 0 Å². The van der Waals surface area contributed by atoms with Crippen molar-refractivity contribution in [2.24, 2.45) is 0 Å². The molecule has 0 atom stereocenters. The van der Waals surface area contributed by atoms with Gasteiger partial charge in [-0.15, -0.1) is 5.10 Å². The molecule has 0 bridgehead atoms. The molecule has 4 nitrogen and oxygen atoms in total. The average molecular weight is 414 g/mol. The second kappa shape index (κ2) is 7.14. The van der Waals surface area contributed by atoms with E-state index in [0.29, 0.717) is 16.7 Å². The number of rotatable bonds is 5. The Hall–Kier alpha value is -1.92. The number of aryl methyl sites for hydroxylation is 2. The van der Waals surface area contributed by atoms with E-state index >= 15 is 0 Å². The maximum atomic E-state index is 12.5. The molecular weight excluding hydrogens is 398 g/mol. The van der Waals surface area contributed by atoms with Crippen LogP contribution in [-0.4, -0.2) is 26.7 Å². The highest BCUT2D eigenvalue weighted by Crippen LogP contribution is 2.27. The maximum absolute atomic E-state index is 12.5. The molecule has 0 aliphatic heterocycles. The standard InChI is InChI=1S/C19H16BrN3OS/c20-16-7-2-1-6-15(16)18-21-19(23-22-18)25-11-17(24)14-9-8-12-4-3-5-13(12)10-14/h1-2,6-10H,3-5,11H2,(H,21,22,23). The molecule has 1 aliphatic carbocycles. The van der Waals surface area contributed by atoms with Crippen LogP contribution in [0, 0.1) is 0 Å². The van der Waals surface area contributed by atoms with Gasteiger partial charge in [0.15, 0.2) is 11.6 Å². The molecule has 1 aromatic heterocycles. The first-order chi connectivity index (χ1) is 12.2. The van der Waals surface area contributed by atoms with Crippen LogP contribution in [0.4, 0.5) is 0 Å². The van der Waals surface area contributed by atoms with Crippen molar-refractivity contribution in [1.29, 1.82) is 0 Å². The Balaban J connectivity index is 1.43. The van der Waals surface area contributed by atoms with Gasteiger partial charge in [-0.1, -0.05) is 58.0 Å². The summed E-state index contributed by atoms with van der Waals surface area (Å²) in [4.78, 5) is 16.9. The molecule has 0 unspecified atom stereocenters. The Morgan fingerprint density at radius 1 is 1.16 bits per heavy atom. The summed E-state index contributed by atoms with van der Waals surface area (Å²) >= 11 is 4.87. The number of halogens is 1. The summed E-state index contributed by atoms with van der Waals surface area (Å²) in [5, 5.41) is 7.73. The van der Waals surface area contributed by atoms with E-state index in [0.717, 1.165) is 28.4 Å². The number of nitrogens with one attached hydrogen (secondary N) is 1. The fraction of sp³-hybridized carbons (Fsp3) is 0.211. The number of Topliss-reactive ketones (excluding diaryl/α,β-unsaturated/α-hetero) is 1. The van der Waals surface area contributed by atoms with Crippen LogP contribution in [0.15, 0.2) is 52.1 Å². The Morgan fingerprint density at radius 3 is 2.88 bits per heavy atom. The first-order valence-corrected chi connectivity index (χ1v) is 9.93. The van der Waals surface area contributed by atoms with Gasteiger partial charge in [-0.05, 0) is 42.5 Å². The Labute approximate surface area is 158 Å². The van der Waals surface area contributed by atoms with E-state index in [1.54, 1.807) is 0 Å². The van der Waals surface area contributed by atoms with Gasteiger partial charge in [0.25, 0.3) is 0 Å². The summed E-state index contributed by atoms with van der Waals surface area (Å²) in [6.07, 6.45) is 3.41. The SMILES string of the molecule is O=C(CSc1n[nH]c(-c2ccccc2Br)n1)c1ccc2c(c1)CCC2. The van der Waals surface area contributed by atoms with Crippen LogP contribution in [0.1, 0.15) is 27.9 Å². The number of hydrogen-bond acceptors (Lipinski definition) is 4. The molecule has 126 valence electrons. The molecule has 1 aliphatic rings. The average Bonchev–Trinajstić information content (AvgIpc) is 3.28. The second-order valence-corrected chi connectivity index (χ2v) is 7.79. The molecule has 3 aromatic rings. The van der Waals surface area contributed by atoms with E-state index in [9.17, 15) is 4.79 Å². The third-order valence-corrected chi connectivity index (χ3v) is 5.89. The van der Waals surface area contributed by atoms with E-state index in [-0.39, 0.29) is 5.78 Å². The van der Waals surface area contributed by atoms with Crippen molar-refractivity contribution >= 4 is 33.5 Å². The second-order valence-electron chi connectivity index (χ2n) is 6.00. The van der Waals surface area contributed by atoms with Gasteiger partial charge >= 0.3 is 0 Å². The van der Waals surface area contributed by atoms with Crippen molar-refractivity contribution in [3.63, 3.8) is 0 Å². The predicted molar refractivity (Wildman–Crippen MR) is 103 cm³/mol. The van der Waals surface area contributed by atoms with Crippen LogP contribution >= 0.6 is 27.7 Å². The molecule has 0 saturated heterocycles. The Kier molecular flexibility index (Phi) is 4.72. The molecule has 4 rings (SSSR count). The predicted octanol–water partition coefficient (Wildman–Crippen LogP) is 4.70. The number of carbonyl (C=O) groups is 1. The minimum Gasteiger partial charge on any atom is -0.293 e. The van der Waals surface area contributed by atoms with Crippen LogP contribution in [0.3, 0.4) is 0 Å². The number of carbonyl (C=O) groups excluding carboxylic acids is 1. The monoisotopic (exact) mass is 413 g/mol. The molecule has 0 fully saturated rings. The van der Waals surface area contributed by atoms with Crippen LogP contribution in [-0.2, 0) is 12.8 Å². The van der Waals surface area contributed by atoms with Gasteiger partial charge in [-0.3, -0.25) is 9.89 Å². The van der Waals surface area contributed by atoms with E-state index in [4.69, 9.17) is 0 Å². The first kappa shape index (κ1) is 16.5. The van der Waals surface area contributed by atoms with Gasteiger partial charge in [0, 0.05) is 15.6 Å². The summed E-state index contributed by atoms with van der Waals surface area (Å²) in [5.74, 6) is 1.15. The van der Waals surface area contributed by atoms with Crippen LogP contribution in [0.25, 0.3) is 11.4 Å². The fourth-order valence-corrected chi connectivity index (χ4v) is 4.21. The highest BCUT2D eigenvalue weighted by Gasteiger charge is 2.15. The van der Waals surface area contributed by atoms with Crippen molar-refractivity contribution in [2.45, 2.75) is 24.4 Å². The molecular formula is C19H16BrN3OS. The molecule has 0 spiro atoms. The number of H-pyrrole nitrogens is 1. The topological polar surface area (TPSA) is 58.6 Å². The zero-order chi connectivity index (χ0) is 17.2. The van der Waals surface area contributed by atoms with Gasteiger partial charge in [-0.2, -0.15) is 0 Å². The normalized spacial score (nSPS) is 13.0. The number of fused-ring (bicyclic) bond motifs is 1. The molecule has 1 heterocycles. The molecule has 0 radical (unpaired) electrons. The van der Waals surface area contributed by atoms with E-state index in [1.165, 1.54) is 29.3 Å². The van der Waals surface area contributed by atoms with Crippen molar-refractivity contribution in [1.82, 2.24) is 15.2 Å². The summed E-state index contributed by atoms with van der Waals surface area (Å²) in [6.45, 7) is 0. The van der Waals surface area contributed by atoms with Crippen molar-refractivity contribution in [3.8, 4) is 11.4 Å². The molecule has 0 amide bonds. The van der Waals surface area contributed by atoms with Crippen molar-refractivity contribution < 1.29 is 4.79 Å². The lowest BCUT2D eigenvalue weighted by Crippen LogP contribution is -2.03. The highest BCUT2D eigenvalue weighted by atomic mass is 79.9. The number of hydrogen-bond donors (Lipinski definition) is 1. The summed E-state index contributed by atoms with van der Waals surface area (Å²) in [6, 6.07) is 13.9. The summed E-state index contributed by atoms with van der Waals surface area (Å²) in [7, 11) is 0. The lowest BCUT2D eigenvalue weighted by atomic mass is 10.0. The quantitative estimate of drug-likeness (QED) is 0.486. The van der Waals surface area contributed by atoms with Crippen molar-refractivity contribution in [3.05, 3.63) is 63.6 Å². The fourth-order valence-electron chi connectivity index (χ4n) is 3.04. The van der Waals surface area contributed by atoms with Gasteiger partial charge in [0.2, 0.25) is 5.16 Å². The number of nitrogens with zero attached hydrogens (tertiary/aromatic N) is 2. The van der Waals surface area contributed by atoms with E-state index in [2.05, 4.69) is 43.2 Å². The van der Waals surface area contributed by atoms with Gasteiger partial charge in [0.05, 0.1) is 5.75 Å². The van der Waals surface area contributed by atoms with Gasteiger partial charge < -0.3 is 0 Å². The van der Waals surface area contributed by atoms with Crippen molar-refractivity contribution in [2.75, 3.05) is 5.75 Å². The smallest absolute Gasteiger partial charge is 0.209 e. The summed E-state index contributed by atoms with van der Waals surface area (Å²) < 4.78 is 0.955. The first-order valence-electron chi connectivity index (χ1n) is 8.16. The van der Waals surface area contributed by atoms with E-state index in [1.807, 2.05) is 30.3 Å². The Bertz CT molecular complexity index is 938. The zero-order valence-electron chi connectivity index (χ0n) is 13.5. The zero-order valence-corrected chi connectivity index (χ0v) is 15.9. The maximum Gasteiger partial charge on any atom is 0.209 e. The Morgan fingerprint density at radius 2 is 2.00 bits per heavy atom. The minimum atomic E-state index is 0.118. The third kappa shape index (κ3) is 3.55. The number of benzene rings is 2. The minimum absolute atomic E-state index is 0.118. The molecule has 0 saturated carbocycles. The number of thioether (sulfide) groups is 1. The summed E-state index contributed by atoms with van der Waals surface area (Å²) in [5.41, 5.74) is 4.45. The number of ketones is 1. The molecule has 6 heteroatoms.